The van der Waals surface area contributed by atoms with Crippen LogP contribution < -0.4 is 19.9 Å². The first kappa shape index (κ1) is 19.2. The number of nitrogens with zero attached hydrogens (tertiary/aromatic N) is 4. The van der Waals surface area contributed by atoms with Crippen LogP contribution in [0.15, 0.2) is 71.3 Å². The predicted octanol–water partition coefficient (Wildman–Crippen LogP) is 4.17. The molecule has 1 saturated heterocycles. The van der Waals surface area contributed by atoms with E-state index in [2.05, 4.69) is 21.2 Å². The molecule has 7 nitrogen and oxygen atoms in total. The zero-order chi connectivity index (χ0) is 21.0. The van der Waals surface area contributed by atoms with Crippen molar-refractivity contribution in [3.63, 3.8) is 0 Å². The van der Waals surface area contributed by atoms with Gasteiger partial charge in [0.1, 0.15) is 17.3 Å². The summed E-state index contributed by atoms with van der Waals surface area (Å²) in [6, 6.07) is 20.1. The summed E-state index contributed by atoms with van der Waals surface area (Å²) in [6.07, 6.45) is 1.68. The van der Waals surface area contributed by atoms with Gasteiger partial charge in [0.25, 0.3) is 0 Å². The molecule has 3 heterocycles. The highest BCUT2D eigenvalue weighted by Gasteiger charge is 2.22. The van der Waals surface area contributed by atoms with Gasteiger partial charge in [0.15, 0.2) is 0 Å². The van der Waals surface area contributed by atoms with Gasteiger partial charge in [0.05, 0.1) is 31.1 Å². The number of aromatic nitrogens is 2. The van der Waals surface area contributed by atoms with Crippen LogP contribution in [0.4, 0.5) is 17.5 Å². The fourth-order valence-electron chi connectivity index (χ4n) is 3.96. The number of fused-ring (bicyclic) bond motifs is 1. The van der Waals surface area contributed by atoms with E-state index >= 15 is 0 Å². The van der Waals surface area contributed by atoms with Gasteiger partial charge < -0.3 is 24.3 Å². The lowest BCUT2D eigenvalue weighted by Gasteiger charge is -2.36. The number of hydrogen-bond acceptors (Lipinski definition) is 7. The van der Waals surface area contributed by atoms with Crippen LogP contribution in [0.25, 0.3) is 10.9 Å². The molecule has 1 N–H and O–H groups in total. The third-order valence-electron chi connectivity index (χ3n) is 5.59. The van der Waals surface area contributed by atoms with Crippen LogP contribution in [-0.2, 0) is 6.54 Å². The van der Waals surface area contributed by atoms with E-state index in [1.165, 1.54) is 0 Å². The topological polar surface area (TPSA) is 66.7 Å². The van der Waals surface area contributed by atoms with Gasteiger partial charge in [0.2, 0.25) is 5.95 Å². The largest absolute Gasteiger partial charge is 0.495 e. The molecule has 1 aliphatic heterocycles. The minimum absolute atomic E-state index is 0.578. The summed E-state index contributed by atoms with van der Waals surface area (Å²) in [5, 5.41) is 4.43. The number of benzene rings is 2. The molecule has 2 aromatic carbocycles. The predicted molar refractivity (Wildman–Crippen MR) is 123 cm³/mol. The molecule has 5 rings (SSSR count). The number of anilines is 3. The van der Waals surface area contributed by atoms with Gasteiger partial charge in [-0.1, -0.05) is 24.3 Å². The molecule has 0 spiro atoms. The van der Waals surface area contributed by atoms with Crippen molar-refractivity contribution in [3.05, 3.63) is 72.7 Å². The van der Waals surface area contributed by atoms with Crippen LogP contribution >= 0.6 is 0 Å². The van der Waals surface area contributed by atoms with Gasteiger partial charge in [-0.3, -0.25) is 0 Å². The van der Waals surface area contributed by atoms with Crippen molar-refractivity contribution in [3.8, 4) is 5.75 Å². The Morgan fingerprint density at radius 1 is 0.903 bits per heavy atom. The Kier molecular flexibility index (Phi) is 5.31. The molecular formula is C24H25N5O2. The van der Waals surface area contributed by atoms with Crippen molar-refractivity contribution in [1.29, 1.82) is 0 Å². The number of nitrogens with one attached hydrogen (secondary N) is 1. The van der Waals surface area contributed by atoms with Crippen molar-refractivity contribution in [2.24, 2.45) is 0 Å². The smallest absolute Gasteiger partial charge is 0.228 e. The van der Waals surface area contributed by atoms with Gasteiger partial charge in [-0.2, -0.15) is 4.98 Å². The molecule has 4 aromatic rings. The van der Waals surface area contributed by atoms with Crippen LogP contribution in [0.2, 0.25) is 0 Å². The van der Waals surface area contributed by atoms with E-state index in [1.807, 2.05) is 54.6 Å². The zero-order valence-corrected chi connectivity index (χ0v) is 17.5. The number of para-hydroxylation sites is 3. The highest BCUT2D eigenvalue weighted by molar-refractivity contribution is 5.90. The standard InChI is InChI=1S/C24H25N5O2/c1-30-22-11-5-4-10-21(22)28-12-14-29(15-13-28)24-26-20-9-3-2-8-19(20)23(27-24)25-17-18-7-6-16-31-18/h2-11,16H,12-15,17H2,1H3,(H,25,26,27). The van der Waals surface area contributed by atoms with Crippen molar-refractivity contribution < 1.29 is 9.15 Å². The fraction of sp³-hybridized carbons (Fsp3) is 0.250. The quantitative estimate of drug-likeness (QED) is 0.507. The van der Waals surface area contributed by atoms with Crippen LogP contribution in [0.1, 0.15) is 5.76 Å². The molecule has 158 valence electrons. The Hall–Kier alpha value is -3.74. The summed E-state index contributed by atoms with van der Waals surface area (Å²) in [5.74, 6) is 3.35. The molecule has 0 saturated carbocycles. The molecule has 0 aliphatic carbocycles. The Morgan fingerprint density at radius 2 is 1.68 bits per heavy atom. The summed E-state index contributed by atoms with van der Waals surface area (Å²) in [7, 11) is 1.72. The van der Waals surface area contributed by atoms with E-state index < -0.39 is 0 Å². The Balaban J connectivity index is 1.36. The molecule has 0 radical (unpaired) electrons. The number of ether oxygens (including phenoxy) is 1. The van der Waals surface area contributed by atoms with E-state index in [4.69, 9.17) is 19.1 Å². The normalized spacial score (nSPS) is 14.1. The molecular weight excluding hydrogens is 390 g/mol. The second-order valence-electron chi connectivity index (χ2n) is 7.47. The van der Waals surface area contributed by atoms with E-state index in [0.29, 0.717) is 6.54 Å². The van der Waals surface area contributed by atoms with Crippen molar-refractivity contribution in [2.45, 2.75) is 6.54 Å². The molecule has 31 heavy (non-hydrogen) atoms. The third kappa shape index (κ3) is 3.99. The Labute approximate surface area is 181 Å². The minimum atomic E-state index is 0.578. The summed E-state index contributed by atoms with van der Waals surface area (Å²) in [6.45, 7) is 4.02. The zero-order valence-electron chi connectivity index (χ0n) is 17.5. The van der Waals surface area contributed by atoms with Crippen LogP contribution in [0.5, 0.6) is 5.75 Å². The lowest BCUT2D eigenvalue weighted by atomic mass is 10.2. The molecule has 0 bridgehead atoms. The number of hydrogen-bond donors (Lipinski definition) is 1. The minimum Gasteiger partial charge on any atom is -0.495 e. The molecule has 2 aromatic heterocycles. The first-order valence-electron chi connectivity index (χ1n) is 10.5. The lowest BCUT2D eigenvalue weighted by Crippen LogP contribution is -2.47. The number of piperazine rings is 1. The summed E-state index contributed by atoms with van der Waals surface area (Å²) in [4.78, 5) is 14.3. The average Bonchev–Trinajstić information content (AvgIpc) is 3.36. The SMILES string of the molecule is COc1ccccc1N1CCN(c2nc(NCc3ccco3)c3ccccc3n2)CC1. The maximum atomic E-state index is 5.54. The first-order valence-corrected chi connectivity index (χ1v) is 10.5. The van der Waals surface area contributed by atoms with E-state index in [1.54, 1.807) is 13.4 Å². The fourth-order valence-corrected chi connectivity index (χ4v) is 3.96. The van der Waals surface area contributed by atoms with Gasteiger partial charge in [0, 0.05) is 31.6 Å². The number of rotatable bonds is 6. The molecule has 0 atom stereocenters. The number of furan rings is 1. The summed E-state index contributed by atoms with van der Waals surface area (Å²) < 4.78 is 11.0. The monoisotopic (exact) mass is 415 g/mol. The van der Waals surface area contributed by atoms with Crippen molar-refractivity contribution in [2.75, 3.05) is 48.4 Å². The maximum absolute atomic E-state index is 5.54. The maximum Gasteiger partial charge on any atom is 0.228 e. The van der Waals surface area contributed by atoms with E-state index in [9.17, 15) is 0 Å². The average molecular weight is 415 g/mol. The lowest BCUT2D eigenvalue weighted by molar-refractivity contribution is 0.413. The van der Waals surface area contributed by atoms with E-state index in [-0.39, 0.29) is 0 Å². The first-order chi connectivity index (χ1) is 15.3. The van der Waals surface area contributed by atoms with E-state index in [0.717, 1.165) is 66.0 Å². The van der Waals surface area contributed by atoms with Gasteiger partial charge >= 0.3 is 0 Å². The van der Waals surface area contributed by atoms with Gasteiger partial charge in [-0.25, -0.2) is 4.98 Å². The summed E-state index contributed by atoms with van der Waals surface area (Å²) >= 11 is 0. The number of methoxy groups -OCH3 is 1. The van der Waals surface area contributed by atoms with Crippen LogP contribution in [0.3, 0.4) is 0 Å². The highest BCUT2D eigenvalue weighted by atomic mass is 16.5. The summed E-state index contributed by atoms with van der Waals surface area (Å²) in [5.41, 5.74) is 2.06. The molecule has 1 fully saturated rings. The second kappa shape index (κ2) is 8.55. The molecule has 7 heteroatoms. The molecule has 0 amide bonds. The van der Waals surface area contributed by atoms with Crippen molar-refractivity contribution in [1.82, 2.24) is 9.97 Å². The Morgan fingerprint density at radius 3 is 2.48 bits per heavy atom. The molecule has 1 aliphatic rings. The highest BCUT2D eigenvalue weighted by Crippen LogP contribution is 2.30. The Bertz CT molecular complexity index is 1150. The molecule has 0 unspecified atom stereocenters. The third-order valence-corrected chi connectivity index (χ3v) is 5.59. The van der Waals surface area contributed by atoms with Crippen LogP contribution in [-0.4, -0.2) is 43.3 Å². The second-order valence-corrected chi connectivity index (χ2v) is 7.47. The van der Waals surface area contributed by atoms with Crippen molar-refractivity contribution >= 4 is 28.4 Å². The van der Waals surface area contributed by atoms with Gasteiger partial charge in [-0.15, -0.1) is 0 Å². The van der Waals surface area contributed by atoms with Gasteiger partial charge in [-0.05, 0) is 36.4 Å². The van der Waals surface area contributed by atoms with Crippen LogP contribution in [0, 0.1) is 0 Å².